The molecule has 1 aliphatic heterocycles. The Bertz CT molecular complexity index is 444. The van der Waals surface area contributed by atoms with Crippen molar-refractivity contribution in [2.45, 2.75) is 0 Å². The molecule has 1 aromatic rings. The Hall–Kier alpha value is -1.57. The van der Waals surface area contributed by atoms with Crippen molar-refractivity contribution in [2.75, 3.05) is 0 Å². The van der Waals surface area contributed by atoms with Crippen LogP contribution in [-0.2, 0) is 9.53 Å². The summed E-state index contributed by atoms with van der Waals surface area (Å²) in [5.74, 6) is 0.911. The molecule has 3 nitrogen and oxygen atoms in total. The van der Waals surface area contributed by atoms with Crippen molar-refractivity contribution in [3.63, 3.8) is 0 Å². The zero-order chi connectivity index (χ0) is 9.42. The summed E-state index contributed by atoms with van der Waals surface area (Å²) in [6.07, 6.45) is 0. The highest BCUT2D eigenvalue weighted by molar-refractivity contribution is 6.31. The van der Waals surface area contributed by atoms with Crippen LogP contribution in [0.4, 0.5) is 0 Å². The number of fused-ring (bicyclic) bond motifs is 1. The van der Waals surface area contributed by atoms with Crippen LogP contribution in [0.5, 0.6) is 0 Å². The number of esters is 1. The molecule has 0 aromatic heterocycles. The monoisotopic (exact) mass is 194 g/mol. The minimum absolute atomic E-state index is 0.0949. The number of ether oxygens (including phenoxy) is 1. The van der Waals surface area contributed by atoms with Crippen molar-refractivity contribution in [2.24, 2.45) is 0 Å². The Balaban J connectivity index is 2.73. The maximum Gasteiger partial charge on any atom is 0.345 e. The van der Waals surface area contributed by atoms with Crippen LogP contribution in [0, 0.1) is 0 Å². The summed E-state index contributed by atoms with van der Waals surface area (Å²) in [5, 5.41) is 0.449. The van der Waals surface area contributed by atoms with Gasteiger partial charge < -0.3 is 4.74 Å². The van der Waals surface area contributed by atoms with Gasteiger partial charge in [0, 0.05) is 10.6 Å². The molecule has 2 rings (SSSR count). The second-order valence-corrected chi connectivity index (χ2v) is 2.95. The van der Waals surface area contributed by atoms with E-state index in [1.165, 1.54) is 12.1 Å². The average Bonchev–Trinajstić information content (AvgIpc) is 2.42. The van der Waals surface area contributed by atoms with Crippen LogP contribution in [-0.4, -0.2) is 11.9 Å². The topological polar surface area (TPSA) is 43.4 Å². The summed E-state index contributed by atoms with van der Waals surface area (Å²) in [6.45, 7) is 0. The van der Waals surface area contributed by atoms with Gasteiger partial charge in [0.1, 0.15) is 0 Å². The third-order valence-electron chi connectivity index (χ3n) is 1.73. The molecule has 13 heavy (non-hydrogen) atoms. The minimum atomic E-state index is -0.537. The normalized spacial score (nSPS) is 13.6. The Morgan fingerprint density at radius 1 is 1.31 bits per heavy atom. The van der Waals surface area contributed by atoms with Crippen LogP contribution in [0.25, 0.3) is 5.76 Å². The molecule has 0 radical (unpaired) electrons. The first kappa shape index (κ1) is 8.05. The Morgan fingerprint density at radius 3 is 2.77 bits per heavy atom. The van der Waals surface area contributed by atoms with Crippen molar-refractivity contribution in [3.8, 4) is 0 Å². The molecular formula is C9H3ClO3. The van der Waals surface area contributed by atoms with Crippen molar-refractivity contribution in [3.05, 3.63) is 34.3 Å². The number of rotatable bonds is 0. The summed E-state index contributed by atoms with van der Waals surface area (Å²) in [6, 6.07) is 4.59. The van der Waals surface area contributed by atoms with Crippen LogP contribution in [0.15, 0.2) is 18.2 Å². The molecular weight excluding hydrogens is 192 g/mol. The van der Waals surface area contributed by atoms with Crippen LogP contribution in [0.1, 0.15) is 15.9 Å². The van der Waals surface area contributed by atoms with Gasteiger partial charge in [-0.2, -0.15) is 0 Å². The molecule has 64 valence electrons. The van der Waals surface area contributed by atoms with Gasteiger partial charge in [-0.25, -0.2) is 9.59 Å². The van der Waals surface area contributed by atoms with E-state index >= 15 is 0 Å². The average molecular weight is 195 g/mol. The maximum absolute atomic E-state index is 11.1. The van der Waals surface area contributed by atoms with E-state index in [2.05, 4.69) is 4.74 Å². The fraction of sp³-hybridized carbons (Fsp3) is 0. The first-order chi connectivity index (χ1) is 6.22. The molecule has 4 heteroatoms. The number of cyclic esters (lactones) is 1. The highest BCUT2D eigenvalue weighted by atomic mass is 35.5. The lowest BCUT2D eigenvalue weighted by Gasteiger charge is -1.92. The van der Waals surface area contributed by atoms with Crippen LogP contribution in [0.3, 0.4) is 0 Å². The van der Waals surface area contributed by atoms with Crippen molar-refractivity contribution in [1.29, 1.82) is 0 Å². The number of hydrogen-bond donors (Lipinski definition) is 0. The first-order valence-electron chi connectivity index (χ1n) is 3.49. The molecule has 0 atom stereocenters. The number of carbonyl (C=O) groups is 1. The summed E-state index contributed by atoms with van der Waals surface area (Å²) >= 11 is 5.68. The molecule has 0 spiro atoms. The molecule has 0 aliphatic carbocycles. The third-order valence-corrected chi connectivity index (χ3v) is 1.97. The Labute approximate surface area is 78.6 Å². The summed E-state index contributed by atoms with van der Waals surface area (Å²) in [5.41, 5.74) is 0.759. The molecule has 0 saturated carbocycles. The Morgan fingerprint density at radius 2 is 2.08 bits per heavy atom. The van der Waals surface area contributed by atoms with E-state index in [9.17, 15) is 9.59 Å². The summed E-state index contributed by atoms with van der Waals surface area (Å²) < 4.78 is 4.63. The molecule has 0 amide bonds. The predicted molar refractivity (Wildman–Crippen MR) is 46.0 cm³/mol. The maximum atomic E-state index is 11.1. The van der Waals surface area contributed by atoms with Gasteiger partial charge in [0.2, 0.25) is 5.76 Å². The standard InChI is InChI=1S/C9H3ClO3/c10-5-1-2-6-7(3-5)8(4-11)13-9(6)12/h1-3H. The lowest BCUT2D eigenvalue weighted by Crippen LogP contribution is -1.92. The fourth-order valence-electron chi connectivity index (χ4n) is 1.16. The lowest BCUT2D eigenvalue weighted by atomic mass is 10.1. The van der Waals surface area contributed by atoms with Crippen molar-refractivity contribution < 1.29 is 14.3 Å². The molecule has 1 heterocycles. The van der Waals surface area contributed by atoms with Gasteiger partial charge in [0.15, 0.2) is 5.94 Å². The smallest absolute Gasteiger partial charge is 0.345 e. The number of halogens is 1. The van der Waals surface area contributed by atoms with Gasteiger partial charge in [-0.15, -0.1) is 0 Å². The molecule has 0 saturated heterocycles. The van der Waals surface area contributed by atoms with Crippen LogP contribution >= 0.6 is 11.6 Å². The molecule has 0 unspecified atom stereocenters. The second kappa shape index (κ2) is 2.73. The highest BCUT2D eigenvalue weighted by Crippen LogP contribution is 2.29. The van der Waals surface area contributed by atoms with E-state index in [1.54, 1.807) is 12.0 Å². The van der Waals surface area contributed by atoms with E-state index < -0.39 is 5.97 Å². The van der Waals surface area contributed by atoms with Gasteiger partial charge in [0.25, 0.3) is 0 Å². The van der Waals surface area contributed by atoms with Gasteiger partial charge >= 0.3 is 5.97 Å². The summed E-state index contributed by atoms with van der Waals surface area (Å²) in [7, 11) is 0. The lowest BCUT2D eigenvalue weighted by molar-refractivity contribution is 0.0717. The largest absolute Gasteiger partial charge is 0.410 e. The van der Waals surface area contributed by atoms with Gasteiger partial charge in [-0.3, -0.25) is 0 Å². The van der Waals surface area contributed by atoms with E-state index in [0.717, 1.165) is 0 Å². The molecule has 0 N–H and O–H groups in total. The SMILES string of the molecule is O=C=C1OC(=O)c2ccc(Cl)cc21. The van der Waals surface area contributed by atoms with Gasteiger partial charge in [0.05, 0.1) is 5.56 Å². The minimum Gasteiger partial charge on any atom is -0.410 e. The fourth-order valence-corrected chi connectivity index (χ4v) is 1.33. The quantitative estimate of drug-likeness (QED) is 0.466. The number of carbonyl (C=O) groups excluding carboxylic acids is 2. The van der Waals surface area contributed by atoms with E-state index in [0.29, 0.717) is 16.1 Å². The number of benzene rings is 1. The van der Waals surface area contributed by atoms with E-state index in [4.69, 9.17) is 11.6 Å². The number of hydrogen-bond acceptors (Lipinski definition) is 3. The predicted octanol–water partition coefficient (Wildman–Crippen LogP) is 1.68. The zero-order valence-corrected chi connectivity index (χ0v) is 7.09. The van der Waals surface area contributed by atoms with Crippen LogP contribution in [0.2, 0.25) is 5.02 Å². The molecule has 0 bridgehead atoms. The Kier molecular flexibility index (Phi) is 1.69. The summed E-state index contributed by atoms with van der Waals surface area (Å²) in [4.78, 5) is 21.4. The molecule has 1 aromatic carbocycles. The highest BCUT2D eigenvalue weighted by Gasteiger charge is 2.27. The van der Waals surface area contributed by atoms with Crippen molar-refractivity contribution in [1.82, 2.24) is 0 Å². The van der Waals surface area contributed by atoms with E-state index in [1.807, 2.05) is 0 Å². The van der Waals surface area contributed by atoms with Gasteiger partial charge in [-0.1, -0.05) is 11.6 Å². The third kappa shape index (κ3) is 1.15. The molecule has 1 aliphatic rings. The zero-order valence-electron chi connectivity index (χ0n) is 6.33. The van der Waals surface area contributed by atoms with Crippen LogP contribution < -0.4 is 0 Å². The van der Waals surface area contributed by atoms with Gasteiger partial charge in [-0.05, 0) is 18.2 Å². The second-order valence-electron chi connectivity index (χ2n) is 2.51. The van der Waals surface area contributed by atoms with E-state index in [-0.39, 0.29) is 5.76 Å². The first-order valence-corrected chi connectivity index (χ1v) is 3.87. The molecule has 0 fully saturated rings. The van der Waals surface area contributed by atoms with Crippen molar-refractivity contribution >= 4 is 29.3 Å².